The van der Waals surface area contributed by atoms with Gasteiger partial charge in [-0.05, 0) is 12.8 Å². The smallest absolute Gasteiger partial charge is 0.238 e. The van der Waals surface area contributed by atoms with E-state index < -0.39 is 10.0 Å². The molecule has 6 heteroatoms. The summed E-state index contributed by atoms with van der Waals surface area (Å²) in [4.78, 5) is 4.62. The second-order valence-electron chi connectivity index (χ2n) is 3.01. The third-order valence-corrected chi connectivity index (χ3v) is 3.79. The SMILES string of the molecule is CON(C)S(=O)(=O)CC1CCCO1. The summed E-state index contributed by atoms with van der Waals surface area (Å²) in [6, 6.07) is 0. The Bertz CT molecular complexity index is 245. The van der Waals surface area contributed by atoms with Crippen LogP contribution in [0.3, 0.4) is 0 Å². The molecule has 5 nitrogen and oxygen atoms in total. The maximum atomic E-state index is 11.4. The minimum Gasteiger partial charge on any atom is -0.377 e. The lowest BCUT2D eigenvalue weighted by atomic mass is 10.3. The van der Waals surface area contributed by atoms with E-state index in [2.05, 4.69) is 4.84 Å². The van der Waals surface area contributed by atoms with Crippen molar-refractivity contribution >= 4 is 10.0 Å². The maximum Gasteiger partial charge on any atom is 0.238 e. The van der Waals surface area contributed by atoms with Gasteiger partial charge in [0.2, 0.25) is 10.0 Å². The fourth-order valence-corrected chi connectivity index (χ4v) is 2.40. The van der Waals surface area contributed by atoms with Gasteiger partial charge in [-0.1, -0.05) is 4.47 Å². The summed E-state index contributed by atoms with van der Waals surface area (Å²) in [5.74, 6) is 0.0112. The van der Waals surface area contributed by atoms with Crippen LogP contribution in [0.1, 0.15) is 12.8 Å². The van der Waals surface area contributed by atoms with E-state index >= 15 is 0 Å². The number of nitrogens with zero attached hydrogens (tertiary/aromatic N) is 1. The van der Waals surface area contributed by atoms with E-state index in [4.69, 9.17) is 4.74 Å². The van der Waals surface area contributed by atoms with Crippen molar-refractivity contribution in [1.29, 1.82) is 0 Å². The van der Waals surface area contributed by atoms with Crippen LogP contribution >= 0.6 is 0 Å². The lowest BCUT2D eigenvalue weighted by Crippen LogP contribution is -2.33. The number of hydroxylamine groups is 1. The van der Waals surface area contributed by atoms with Gasteiger partial charge < -0.3 is 4.74 Å². The van der Waals surface area contributed by atoms with Gasteiger partial charge in [-0.2, -0.15) is 0 Å². The first-order chi connectivity index (χ1) is 6.06. The molecule has 1 aliphatic heterocycles. The number of rotatable bonds is 4. The largest absolute Gasteiger partial charge is 0.377 e. The Balaban J connectivity index is 2.50. The summed E-state index contributed by atoms with van der Waals surface area (Å²) in [5.41, 5.74) is 0. The van der Waals surface area contributed by atoms with Crippen LogP contribution in [0.5, 0.6) is 0 Å². The molecule has 0 spiro atoms. The van der Waals surface area contributed by atoms with E-state index in [1.807, 2.05) is 0 Å². The van der Waals surface area contributed by atoms with Crippen LogP contribution in [-0.2, 0) is 19.6 Å². The highest BCUT2D eigenvalue weighted by atomic mass is 32.2. The molecule has 0 N–H and O–H groups in total. The van der Waals surface area contributed by atoms with Crippen molar-refractivity contribution in [3.8, 4) is 0 Å². The number of ether oxygens (including phenoxy) is 1. The number of hydrogen-bond donors (Lipinski definition) is 0. The Hall–Kier alpha value is -0.170. The molecular weight excluding hydrogens is 194 g/mol. The normalized spacial score (nSPS) is 24.1. The maximum absolute atomic E-state index is 11.4. The van der Waals surface area contributed by atoms with Crippen molar-refractivity contribution in [1.82, 2.24) is 4.47 Å². The molecule has 0 aromatic rings. The second kappa shape index (κ2) is 4.36. The van der Waals surface area contributed by atoms with Gasteiger partial charge in [0.25, 0.3) is 0 Å². The number of sulfonamides is 1. The molecule has 1 atom stereocenters. The van der Waals surface area contributed by atoms with Gasteiger partial charge >= 0.3 is 0 Å². The average molecular weight is 209 g/mol. The van der Waals surface area contributed by atoms with Gasteiger partial charge in [-0.25, -0.2) is 8.42 Å². The predicted octanol–water partition coefficient (Wildman–Crippen LogP) is -0.0116. The Kier molecular flexibility index (Phi) is 3.66. The van der Waals surface area contributed by atoms with Crippen molar-refractivity contribution in [2.24, 2.45) is 0 Å². The summed E-state index contributed by atoms with van der Waals surface area (Å²) in [5, 5.41) is 0. The van der Waals surface area contributed by atoms with Gasteiger partial charge in [-0.15, -0.1) is 0 Å². The zero-order valence-corrected chi connectivity index (χ0v) is 8.71. The van der Waals surface area contributed by atoms with Crippen LogP contribution in [-0.4, -0.2) is 45.5 Å². The van der Waals surface area contributed by atoms with Crippen molar-refractivity contribution in [3.63, 3.8) is 0 Å². The molecule has 1 unspecified atom stereocenters. The van der Waals surface area contributed by atoms with Crippen LogP contribution in [0.4, 0.5) is 0 Å². The zero-order chi connectivity index (χ0) is 9.90. The molecule has 0 aromatic heterocycles. The first kappa shape index (κ1) is 10.9. The van der Waals surface area contributed by atoms with E-state index in [1.165, 1.54) is 14.2 Å². The Morgan fingerprint density at radius 1 is 1.62 bits per heavy atom. The van der Waals surface area contributed by atoms with E-state index in [9.17, 15) is 8.42 Å². The molecule has 0 bridgehead atoms. The van der Waals surface area contributed by atoms with Gasteiger partial charge in [-0.3, -0.25) is 4.84 Å². The zero-order valence-electron chi connectivity index (χ0n) is 7.89. The van der Waals surface area contributed by atoms with Gasteiger partial charge in [0.05, 0.1) is 19.0 Å². The van der Waals surface area contributed by atoms with E-state index in [0.717, 1.165) is 17.3 Å². The summed E-state index contributed by atoms with van der Waals surface area (Å²) in [7, 11) is -0.602. The van der Waals surface area contributed by atoms with Gasteiger partial charge in [0.1, 0.15) is 0 Å². The lowest BCUT2D eigenvalue weighted by molar-refractivity contribution is -0.0269. The van der Waals surface area contributed by atoms with Crippen LogP contribution in [0.25, 0.3) is 0 Å². The fourth-order valence-electron chi connectivity index (χ4n) is 1.23. The molecule has 0 radical (unpaired) electrons. The van der Waals surface area contributed by atoms with E-state index in [1.54, 1.807) is 0 Å². The molecule has 0 aromatic carbocycles. The Labute approximate surface area is 78.6 Å². The molecule has 1 saturated heterocycles. The van der Waals surface area contributed by atoms with E-state index in [0.29, 0.717) is 6.61 Å². The fraction of sp³-hybridized carbons (Fsp3) is 1.00. The standard InChI is InChI=1S/C7H15NO4S/c1-8(11-2)13(9,10)6-7-4-3-5-12-7/h7H,3-6H2,1-2H3. The first-order valence-corrected chi connectivity index (χ1v) is 5.79. The highest BCUT2D eigenvalue weighted by molar-refractivity contribution is 7.88. The van der Waals surface area contributed by atoms with Crippen LogP contribution in [0, 0.1) is 0 Å². The minimum atomic E-state index is -3.31. The quantitative estimate of drug-likeness (QED) is 0.611. The molecular formula is C7H15NO4S. The average Bonchev–Trinajstić information content (AvgIpc) is 2.54. The summed E-state index contributed by atoms with van der Waals surface area (Å²) in [6.07, 6.45) is 1.59. The van der Waals surface area contributed by atoms with Crippen molar-refractivity contribution in [3.05, 3.63) is 0 Å². The monoisotopic (exact) mass is 209 g/mol. The molecule has 13 heavy (non-hydrogen) atoms. The molecule has 1 fully saturated rings. The summed E-state index contributed by atoms with van der Waals surface area (Å²) in [6.45, 7) is 0.664. The molecule has 1 rings (SSSR count). The van der Waals surface area contributed by atoms with E-state index in [-0.39, 0.29) is 11.9 Å². The van der Waals surface area contributed by atoms with Gasteiger partial charge in [0, 0.05) is 13.7 Å². The van der Waals surface area contributed by atoms with Crippen molar-refractivity contribution in [2.45, 2.75) is 18.9 Å². The second-order valence-corrected chi connectivity index (χ2v) is 5.02. The third kappa shape index (κ3) is 2.91. The van der Waals surface area contributed by atoms with Crippen LogP contribution in [0.2, 0.25) is 0 Å². The summed E-state index contributed by atoms with van der Waals surface area (Å²) >= 11 is 0. The highest BCUT2D eigenvalue weighted by Gasteiger charge is 2.26. The molecule has 78 valence electrons. The first-order valence-electron chi connectivity index (χ1n) is 4.18. The molecule has 1 heterocycles. The van der Waals surface area contributed by atoms with Gasteiger partial charge in [0.15, 0.2) is 0 Å². The molecule has 0 saturated carbocycles. The molecule has 0 aliphatic carbocycles. The number of hydrogen-bond acceptors (Lipinski definition) is 4. The van der Waals surface area contributed by atoms with Crippen molar-refractivity contribution < 1.29 is 18.0 Å². The highest BCUT2D eigenvalue weighted by Crippen LogP contribution is 2.15. The molecule has 1 aliphatic rings. The lowest BCUT2D eigenvalue weighted by Gasteiger charge is -2.16. The predicted molar refractivity (Wildman–Crippen MR) is 47.5 cm³/mol. The Morgan fingerprint density at radius 2 is 2.31 bits per heavy atom. The van der Waals surface area contributed by atoms with Crippen LogP contribution < -0.4 is 0 Å². The Morgan fingerprint density at radius 3 is 2.77 bits per heavy atom. The summed E-state index contributed by atoms with van der Waals surface area (Å²) < 4.78 is 29.0. The molecule has 0 amide bonds. The van der Waals surface area contributed by atoms with Crippen molar-refractivity contribution in [2.75, 3.05) is 26.5 Å². The third-order valence-electron chi connectivity index (χ3n) is 2.07. The topological polar surface area (TPSA) is 55.8 Å². The van der Waals surface area contributed by atoms with Crippen LogP contribution in [0.15, 0.2) is 0 Å². The minimum absolute atomic E-state index is 0.0112.